The SMILES string of the molecule is CC(C)CN=C(NN)NC1CCCCC1. The van der Waals surface area contributed by atoms with Crippen LogP contribution < -0.4 is 16.6 Å². The molecule has 4 nitrogen and oxygen atoms in total. The lowest BCUT2D eigenvalue weighted by molar-refractivity contribution is 0.409. The molecule has 0 aromatic heterocycles. The van der Waals surface area contributed by atoms with Crippen LogP contribution in [0.1, 0.15) is 46.0 Å². The summed E-state index contributed by atoms with van der Waals surface area (Å²) in [4.78, 5) is 4.41. The third kappa shape index (κ3) is 5.02. The monoisotopic (exact) mass is 212 g/mol. The van der Waals surface area contributed by atoms with Gasteiger partial charge >= 0.3 is 0 Å². The highest BCUT2D eigenvalue weighted by molar-refractivity contribution is 5.79. The van der Waals surface area contributed by atoms with E-state index in [0.717, 1.165) is 12.5 Å². The lowest BCUT2D eigenvalue weighted by atomic mass is 9.96. The number of hydrazine groups is 1. The average Bonchev–Trinajstić information content (AvgIpc) is 2.25. The first-order valence-corrected chi connectivity index (χ1v) is 6.00. The Labute approximate surface area is 92.7 Å². The van der Waals surface area contributed by atoms with Crippen molar-refractivity contribution in [2.45, 2.75) is 52.0 Å². The van der Waals surface area contributed by atoms with E-state index in [1.54, 1.807) is 0 Å². The normalized spacial score (nSPS) is 19.3. The zero-order valence-corrected chi connectivity index (χ0v) is 9.92. The van der Waals surface area contributed by atoms with Crippen LogP contribution in [0.2, 0.25) is 0 Å². The van der Waals surface area contributed by atoms with E-state index in [-0.39, 0.29) is 0 Å². The maximum Gasteiger partial charge on any atom is 0.205 e. The molecular weight excluding hydrogens is 188 g/mol. The molecular formula is C11H24N4. The summed E-state index contributed by atoms with van der Waals surface area (Å²) >= 11 is 0. The molecule has 0 atom stereocenters. The summed E-state index contributed by atoms with van der Waals surface area (Å²) in [6.07, 6.45) is 6.48. The van der Waals surface area contributed by atoms with Crippen molar-refractivity contribution in [2.24, 2.45) is 16.8 Å². The lowest BCUT2D eigenvalue weighted by Gasteiger charge is -2.24. The van der Waals surface area contributed by atoms with Gasteiger partial charge in [-0.25, -0.2) is 5.84 Å². The van der Waals surface area contributed by atoms with E-state index in [4.69, 9.17) is 5.84 Å². The Bertz CT molecular complexity index is 195. The standard InChI is InChI=1S/C11H24N4/c1-9(2)8-13-11(15-12)14-10-6-4-3-5-7-10/h9-10H,3-8,12H2,1-2H3,(H2,13,14,15). The molecule has 0 radical (unpaired) electrons. The maximum absolute atomic E-state index is 5.43. The quantitative estimate of drug-likeness (QED) is 0.287. The Morgan fingerprint density at radius 2 is 2.00 bits per heavy atom. The van der Waals surface area contributed by atoms with Crippen LogP contribution in [0.25, 0.3) is 0 Å². The van der Waals surface area contributed by atoms with Crippen molar-refractivity contribution in [3.63, 3.8) is 0 Å². The predicted molar refractivity (Wildman–Crippen MR) is 64.5 cm³/mol. The van der Waals surface area contributed by atoms with E-state index in [1.165, 1.54) is 32.1 Å². The van der Waals surface area contributed by atoms with Crippen molar-refractivity contribution < 1.29 is 0 Å². The predicted octanol–water partition coefficient (Wildman–Crippen LogP) is 1.38. The molecule has 0 aromatic carbocycles. The van der Waals surface area contributed by atoms with Gasteiger partial charge in [-0.05, 0) is 18.8 Å². The Kier molecular flexibility index (Phi) is 5.47. The zero-order chi connectivity index (χ0) is 11.1. The van der Waals surface area contributed by atoms with Crippen LogP contribution in [0, 0.1) is 5.92 Å². The zero-order valence-electron chi connectivity index (χ0n) is 9.92. The summed E-state index contributed by atoms with van der Waals surface area (Å²) < 4.78 is 0. The molecule has 4 heteroatoms. The van der Waals surface area contributed by atoms with Gasteiger partial charge in [-0.3, -0.25) is 10.4 Å². The number of aliphatic imine (C=N–C) groups is 1. The largest absolute Gasteiger partial charge is 0.353 e. The van der Waals surface area contributed by atoms with Gasteiger partial charge in [0.05, 0.1) is 0 Å². The summed E-state index contributed by atoms with van der Waals surface area (Å²) in [5.74, 6) is 6.75. The minimum Gasteiger partial charge on any atom is -0.353 e. The second-order valence-corrected chi connectivity index (χ2v) is 4.71. The van der Waals surface area contributed by atoms with Crippen molar-refractivity contribution in [1.29, 1.82) is 0 Å². The van der Waals surface area contributed by atoms with Gasteiger partial charge in [-0.2, -0.15) is 0 Å². The van der Waals surface area contributed by atoms with Crippen LogP contribution in [0.4, 0.5) is 0 Å². The fourth-order valence-corrected chi connectivity index (χ4v) is 1.85. The molecule has 0 saturated heterocycles. The molecule has 0 spiro atoms. The Morgan fingerprint density at radius 3 is 2.53 bits per heavy atom. The summed E-state index contributed by atoms with van der Waals surface area (Å²) in [6.45, 7) is 5.12. The van der Waals surface area contributed by atoms with Gasteiger partial charge in [-0.1, -0.05) is 33.1 Å². The smallest absolute Gasteiger partial charge is 0.205 e. The van der Waals surface area contributed by atoms with Gasteiger partial charge in [0.15, 0.2) is 0 Å². The van der Waals surface area contributed by atoms with Crippen LogP contribution >= 0.6 is 0 Å². The minimum absolute atomic E-state index is 0.556. The number of nitrogens with two attached hydrogens (primary N) is 1. The topological polar surface area (TPSA) is 62.4 Å². The first-order chi connectivity index (χ1) is 7.22. The van der Waals surface area contributed by atoms with Gasteiger partial charge in [-0.15, -0.1) is 0 Å². The molecule has 0 heterocycles. The number of guanidine groups is 1. The number of nitrogens with zero attached hydrogens (tertiary/aromatic N) is 1. The third-order valence-electron chi connectivity index (χ3n) is 2.70. The molecule has 0 amide bonds. The van der Waals surface area contributed by atoms with E-state index >= 15 is 0 Å². The van der Waals surface area contributed by atoms with E-state index in [2.05, 4.69) is 29.6 Å². The van der Waals surface area contributed by atoms with Crippen molar-refractivity contribution in [2.75, 3.05) is 6.54 Å². The fourth-order valence-electron chi connectivity index (χ4n) is 1.85. The van der Waals surface area contributed by atoms with Gasteiger partial charge in [0.1, 0.15) is 0 Å². The molecule has 88 valence electrons. The highest BCUT2D eigenvalue weighted by Crippen LogP contribution is 2.17. The van der Waals surface area contributed by atoms with Gasteiger partial charge in [0.2, 0.25) is 5.96 Å². The molecule has 1 saturated carbocycles. The summed E-state index contributed by atoms with van der Waals surface area (Å²) in [5.41, 5.74) is 2.64. The van der Waals surface area contributed by atoms with E-state index in [0.29, 0.717) is 12.0 Å². The summed E-state index contributed by atoms with van der Waals surface area (Å²) in [5, 5.41) is 3.37. The van der Waals surface area contributed by atoms with Gasteiger partial charge in [0.25, 0.3) is 0 Å². The molecule has 0 aromatic rings. The highest BCUT2D eigenvalue weighted by atomic mass is 15.3. The Morgan fingerprint density at radius 1 is 1.33 bits per heavy atom. The first-order valence-electron chi connectivity index (χ1n) is 6.00. The summed E-state index contributed by atoms with van der Waals surface area (Å²) in [6, 6.07) is 0.556. The lowest BCUT2D eigenvalue weighted by Crippen LogP contribution is -2.47. The van der Waals surface area contributed by atoms with Gasteiger partial charge < -0.3 is 5.32 Å². The molecule has 1 fully saturated rings. The third-order valence-corrected chi connectivity index (χ3v) is 2.70. The maximum atomic E-state index is 5.43. The van der Waals surface area contributed by atoms with Crippen LogP contribution in [-0.2, 0) is 0 Å². The molecule has 0 bridgehead atoms. The number of hydrogen-bond acceptors (Lipinski definition) is 2. The van der Waals surface area contributed by atoms with E-state index in [1.807, 2.05) is 0 Å². The van der Waals surface area contributed by atoms with Crippen molar-refractivity contribution in [1.82, 2.24) is 10.7 Å². The van der Waals surface area contributed by atoms with Crippen LogP contribution in [-0.4, -0.2) is 18.5 Å². The number of hydrogen-bond donors (Lipinski definition) is 3. The molecule has 0 aliphatic heterocycles. The molecule has 1 aliphatic carbocycles. The number of nitrogens with one attached hydrogen (secondary N) is 2. The van der Waals surface area contributed by atoms with Crippen LogP contribution in [0.15, 0.2) is 4.99 Å². The Hall–Kier alpha value is -0.770. The van der Waals surface area contributed by atoms with E-state index < -0.39 is 0 Å². The van der Waals surface area contributed by atoms with Crippen LogP contribution in [0.5, 0.6) is 0 Å². The second kappa shape index (κ2) is 6.67. The molecule has 0 unspecified atom stereocenters. The summed E-state index contributed by atoms with van der Waals surface area (Å²) in [7, 11) is 0. The molecule has 1 aliphatic rings. The average molecular weight is 212 g/mol. The molecule has 4 N–H and O–H groups in total. The highest BCUT2D eigenvalue weighted by Gasteiger charge is 2.13. The van der Waals surface area contributed by atoms with Crippen molar-refractivity contribution in [3.05, 3.63) is 0 Å². The second-order valence-electron chi connectivity index (χ2n) is 4.71. The van der Waals surface area contributed by atoms with Crippen molar-refractivity contribution in [3.8, 4) is 0 Å². The molecule has 15 heavy (non-hydrogen) atoms. The fraction of sp³-hybridized carbons (Fsp3) is 0.909. The number of rotatable bonds is 3. The minimum atomic E-state index is 0.556. The van der Waals surface area contributed by atoms with E-state index in [9.17, 15) is 0 Å². The van der Waals surface area contributed by atoms with Crippen LogP contribution in [0.3, 0.4) is 0 Å². The Balaban J connectivity index is 2.34. The van der Waals surface area contributed by atoms with Gasteiger partial charge in [0, 0.05) is 12.6 Å². The first kappa shape index (κ1) is 12.3. The molecule has 1 rings (SSSR count). The van der Waals surface area contributed by atoms with Crippen molar-refractivity contribution >= 4 is 5.96 Å².